The number of aromatic nitrogens is 2. The highest BCUT2D eigenvalue weighted by Crippen LogP contribution is 2.29. The van der Waals surface area contributed by atoms with E-state index in [0.29, 0.717) is 10.9 Å². The third kappa shape index (κ3) is 5.21. The van der Waals surface area contributed by atoms with Crippen LogP contribution in [0.15, 0.2) is 54.9 Å². The van der Waals surface area contributed by atoms with Gasteiger partial charge in [-0.3, -0.25) is 29.8 Å². The quantitative estimate of drug-likeness (QED) is 0.178. The van der Waals surface area contributed by atoms with Crippen LogP contribution in [0.25, 0.3) is 21.8 Å². The molecule has 0 aliphatic carbocycles. The van der Waals surface area contributed by atoms with Crippen LogP contribution in [-0.4, -0.2) is 38.2 Å². The zero-order valence-electron chi connectivity index (χ0n) is 17.6. The predicted octanol–water partition coefficient (Wildman–Crippen LogP) is 4.68. The number of rotatable bonds is 7. The molecular formula is C22H20N4O7. The lowest BCUT2D eigenvalue weighted by Crippen LogP contribution is -2.08. The van der Waals surface area contributed by atoms with Gasteiger partial charge in [-0.1, -0.05) is 12.1 Å². The van der Waals surface area contributed by atoms with Gasteiger partial charge in [-0.05, 0) is 25.1 Å². The molecule has 11 heteroatoms. The fraction of sp³-hybridized carbons (Fsp3) is 0.182. The predicted molar refractivity (Wildman–Crippen MR) is 120 cm³/mol. The fourth-order valence-electron chi connectivity index (χ4n) is 3.35. The number of esters is 1. The molecule has 0 bridgehead atoms. The molecule has 0 saturated heterocycles. The third-order valence-corrected chi connectivity index (χ3v) is 4.81. The van der Waals surface area contributed by atoms with Gasteiger partial charge in [0.05, 0.1) is 44.7 Å². The Kier molecular flexibility index (Phi) is 7.13. The number of nitrogens with zero attached hydrogens (tertiary/aromatic N) is 2. The number of Topliss-reactive ketones (excluding diaryl/α,β-unsaturated/α-hetero) is 1. The maximum absolute atomic E-state index is 12.2. The molecule has 2 aromatic heterocycles. The Labute approximate surface area is 186 Å². The van der Waals surface area contributed by atoms with Gasteiger partial charge in [-0.25, -0.2) is 0 Å². The lowest BCUT2D eigenvalue weighted by Gasteiger charge is -2.01. The van der Waals surface area contributed by atoms with Crippen molar-refractivity contribution >= 4 is 44.9 Å². The zero-order valence-corrected chi connectivity index (χ0v) is 17.6. The summed E-state index contributed by atoms with van der Waals surface area (Å²) in [5.41, 5.74) is 1.55. The van der Waals surface area contributed by atoms with Gasteiger partial charge in [0.15, 0.2) is 5.78 Å². The van der Waals surface area contributed by atoms with Crippen LogP contribution in [0, 0.1) is 20.2 Å². The fourth-order valence-corrected chi connectivity index (χ4v) is 3.35. The number of H-pyrrole nitrogens is 2. The van der Waals surface area contributed by atoms with Gasteiger partial charge < -0.3 is 14.7 Å². The number of non-ortho nitro benzene ring substituents is 2. The number of benzene rings is 2. The summed E-state index contributed by atoms with van der Waals surface area (Å²) < 4.78 is 4.75. The first-order valence-corrected chi connectivity index (χ1v) is 9.97. The van der Waals surface area contributed by atoms with E-state index in [0.717, 1.165) is 5.52 Å². The number of aromatic amines is 2. The summed E-state index contributed by atoms with van der Waals surface area (Å²) in [4.78, 5) is 49.8. The molecule has 2 aromatic carbocycles. The van der Waals surface area contributed by atoms with Crippen LogP contribution in [0.1, 0.15) is 30.1 Å². The Hall–Kier alpha value is -4.54. The molecule has 4 aromatic rings. The maximum atomic E-state index is 12.2. The Morgan fingerprint density at radius 1 is 0.909 bits per heavy atom. The Balaban J connectivity index is 0.000000215. The monoisotopic (exact) mass is 452 g/mol. The maximum Gasteiger partial charge on any atom is 0.306 e. The highest BCUT2D eigenvalue weighted by molar-refractivity contribution is 6.11. The number of nitro benzene ring substituents is 2. The van der Waals surface area contributed by atoms with Gasteiger partial charge >= 0.3 is 5.97 Å². The number of fused-ring (bicyclic) bond motifs is 2. The molecule has 0 saturated carbocycles. The molecule has 33 heavy (non-hydrogen) atoms. The lowest BCUT2D eigenvalue weighted by molar-refractivity contribution is -0.383. The molecule has 0 radical (unpaired) electrons. The first-order valence-electron chi connectivity index (χ1n) is 9.97. The van der Waals surface area contributed by atoms with Crippen molar-refractivity contribution in [2.24, 2.45) is 0 Å². The molecule has 0 spiro atoms. The molecule has 0 fully saturated rings. The normalized spacial score (nSPS) is 10.5. The number of ketones is 1. The SMILES string of the molecule is CCOC(=O)CCC(=O)c1c[nH]c2cccc([N+](=O)[O-])c12.O=[N+]([O-])c1cccc2[nH]ccc12. The van der Waals surface area contributed by atoms with E-state index >= 15 is 0 Å². The highest BCUT2D eigenvalue weighted by Gasteiger charge is 2.21. The van der Waals surface area contributed by atoms with Gasteiger partial charge in [-0.2, -0.15) is 0 Å². The summed E-state index contributed by atoms with van der Waals surface area (Å²) in [5, 5.41) is 22.5. The van der Waals surface area contributed by atoms with Crippen molar-refractivity contribution in [2.75, 3.05) is 6.61 Å². The molecule has 170 valence electrons. The van der Waals surface area contributed by atoms with Crippen LogP contribution in [0.2, 0.25) is 0 Å². The second kappa shape index (κ2) is 10.2. The molecular weight excluding hydrogens is 432 g/mol. The van der Waals surface area contributed by atoms with Gasteiger partial charge in [-0.15, -0.1) is 0 Å². The summed E-state index contributed by atoms with van der Waals surface area (Å²) in [6.07, 6.45) is 3.04. The van der Waals surface area contributed by atoms with Crippen LogP contribution in [0.5, 0.6) is 0 Å². The summed E-state index contributed by atoms with van der Waals surface area (Å²) in [7, 11) is 0. The first kappa shape index (κ1) is 23.1. The van der Waals surface area contributed by atoms with E-state index in [1.54, 1.807) is 37.4 Å². The lowest BCUT2D eigenvalue weighted by atomic mass is 10.0. The summed E-state index contributed by atoms with van der Waals surface area (Å²) in [6, 6.07) is 11.2. The van der Waals surface area contributed by atoms with E-state index in [4.69, 9.17) is 4.74 Å². The summed E-state index contributed by atoms with van der Waals surface area (Å²) in [5.74, 6) is -0.788. The number of carbonyl (C=O) groups is 2. The van der Waals surface area contributed by atoms with Crippen LogP contribution >= 0.6 is 0 Å². The topological polar surface area (TPSA) is 161 Å². The molecule has 0 atom stereocenters. The molecule has 0 amide bonds. The van der Waals surface area contributed by atoms with Crippen molar-refractivity contribution in [1.82, 2.24) is 9.97 Å². The number of nitrogens with one attached hydrogen (secondary N) is 2. The Morgan fingerprint density at radius 3 is 2.24 bits per heavy atom. The van der Waals surface area contributed by atoms with Gasteiger partial charge in [0.2, 0.25) is 0 Å². The number of hydrogen-bond acceptors (Lipinski definition) is 7. The largest absolute Gasteiger partial charge is 0.466 e. The second-order valence-corrected chi connectivity index (χ2v) is 6.86. The van der Waals surface area contributed by atoms with Crippen LogP contribution in [0.4, 0.5) is 11.4 Å². The minimum Gasteiger partial charge on any atom is -0.466 e. The highest BCUT2D eigenvalue weighted by atomic mass is 16.6. The molecule has 0 aliphatic rings. The van der Waals surface area contributed by atoms with Crippen molar-refractivity contribution in [3.63, 3.8) is 0 Å². The van der Waals surface area contributed by atoms with E-state index < -0.39 is 10.9 Å². The smallest absolute Gasteiger partial charge is 0.306 e. The average Bonchev–Trinajstić information content (AvgIpc) is 3.44. The van der Waals surface area contributed by atoms with Crippen molar-refractivity contribution in [2.45, 2.75) is 19.8 Å². The van der Waals surface area contributed by atoms with Gasteiger partial charge in [0.25, 0.3) is 11.4 Å². The van der Waals surface area contributed by atoms with E-state index in [9.17, 15) is 29.8 Å². The molecule has 0 unspecified atom stereocenters. The minimum atomic E-state index is -0.529. The molecule has 2 N–H and O–H groups in total. The van der Waals surface area contributed by atoms with E-state index in [-0.39, 0.29) is 52.5 Å². The number of carbonyl (C=O) groups excluding carboxylic acids is 2. The Morgan fingerprint density at radius 2 is 1.58 bits per heavy atom. The Bertz CT molecular complexity index is 1340. The zero-order chi connectivity index (χ0) is 24.0. The molecule has 0 aliphatic heterocycles. The molecule has 2 heterocycles. The summed E-state index contributed by atoms with van der Waals surface area (Å²) >= 11 is 0. The van der Waals surface area contributed by atoms with Crippen molar-refractivity contribution in [1.29, 1.82) is 0 Å². The van der Waals surface area contributed by atoms with Crippen molar-refractivity contribution < 1.29 is 24.2 Å². The molecule has 4 rings (SSSR count). The van der Waals surface area contributed by atoms with Crippen molar-refractivity contribution in [3.8, 4) is 0 Å². The summed E-state index contributed by atoms with van der Waals surface area (Å²) in [6.45, 7) is 1.94. The second-order valence-electron chi connectivity index (χ2n) is 6.86. The van der Waals surface area contributed by atoms with Crippen LogP contribution in [0.3, 0.4) is 0 Å². The first-order chi connectivity index (χ1) is 15.8. The van der Waals surface area contributed by atoms with Gasteiger partial charge in [0, 0.05) is 36.5 Å². The van der Waals surface area contributed by atoms with Crippen LogP contribution < -0.4 is 0 Å². The third-order valence-electron chi connectivity index (χ3n) is 4.81. The number of ether oxygens (including phenoxy) is 1. The van der Waals surface area contributed by atoms with Gasteiger partial charge in [0.1, 0.15) is 0 Å². The number of hydrogen-bond donors (Lipinski definition) is 2. The number of nitro groups is 2. The van der Waals surface area contributed by atoms with Crippen LogP contribution in [-0.2, 0) is 9.53 Å². The standard InChI is InChI=1S/C14H14N2O5.C8H6N2O2/c1-2-21-13(18)7-6-12(17)9-8-15-10-4-3-5-11(14(9)10)16(19)20;11-10(12)8-3-1-2-7-6(8)4-5-9-7/h3-5,8,15H,2,6-7H2,1H3;1-5,9H. The van der Waals surface area contributed by atoms with E-state index in [1.165, 1.54) is 18.3 Å². The minimum absolute atomic E-state index is 0.0417. The van der Waals surface area contributed by atoms with E-state index in [2.05, 4.69) is 9.97 Å². The van der Waals surface area contributed by atoms with Crippen molar-refractivity contribution in [3.05, 3.63) is 80.7 Å². The average molecular weight is 452 g/mol. The van der Waals surface area contributed by atoms with E-state index in [1.807, 2.05) is 6.07 Å². The molecule has 11 nitrogen and oxygen atoms in total.